The molecule has 0 aromatic heterocycles. The van der Waals surface area contributed by atoms with Crippen molar-refractivity contribution in [2.45, 2.75) is 25.4 Å². The lowest BCUT2D eigenvalue weighted by molar-refractivity contribution is -0.139. The first-order valence-corrected chi connectivity index (χ1v) is 12.2. The number of ether oxygens (including phenoxy) is 2. The van der Waals surface area contributed by atoms with Crippen LogP contribution < -0.4 is 29.9 Å². The number of aliphatic carboxylic acids is 1. The minimum absolute atomic E-state index is 0.103. The second-order valence-corrected chi connectivity index (χ2v) is 8.96. The third-order valence-corrected chi connectivity index (χ3v) is 6.12. The molecule has 0 aliphatic carbocycles. The lowest BCUT2D eigenvalue weighted by Crippen LogP contribution is -2.54. The first-order valence-electron chi connectivity index (χ1n) is 12.2. The van der Waals surface area contributed by atoms with Crippen LogP contribution in [0.2, 0.25) is 0 Å². The summed E-state index contributed by atoms with van der Waals surface area (Å²) in [6.45, 7) is 0.613. The van der Waals surface area contributed by atoms with Crippen LogP contribution in [-0.4, -0.2) is 73.0 Å². The Morgan fingerprint density at radius 2 is 1.82 bits per heavy atom. The zero-order chi connectivity index (χ0) is 28.8. The maximum atomic E-state index is 13.7. The number of carboxylic acid groups (broad SMARTS) is 1. The van der Waals surface area contributed by atoms with Gasteiger partial charge in [-0.15, -0.1) is 0 Å². The molecule has 13 nitrogen and oxygen atoms in total. The molecule has 2 heterocycles. The fourth-order valence-electron chi connectivity index (χ4n) is 4.28. The molecule has 0 bridgehead atoms. The number of aldehydes is 1. The summed E-state index contributed by atoms with van der Waals surface area (Å²) >= 11 is 0. The summed E-state index contributed by atoms with van der Waals surface area (Å²) in [6.07, 6.45) is 2.39. The SMILES string of the molecule is CC(=O)N1C[C@H](NC(=O)C=Cc2ccc3c(c2)OCO3)C(=O)N(CC(=O)N[C@H](C=O)CC(=O)O)c2ccccc21. The number of amides is 4. The number of carbonyl (C=O) groups excluding carboxylic acids is 5. The lowest BCUT2D eigenvalue weighted by atomic mass is 10.2. The van der Waals surface area contributed by atoms with Gasteiger partial charge in [0, 0.05) is 13.0 Å². The highest BCUT2D eigenvalue weighted by molar-refractivity contribution is 6.10. The molecule has 208 valence electrons. The normalized spacial score (nSPS) is 16.6. The molecule has 2 aromatic carbocycles. The van der Waals surface area contributed by atoms with Crippen LogP contribution in [0.5, 0.6) is 11.5 Å². The van der Waals surface area contributed by atoms with Crippen molar-refractivity contribution < 1.29 is 43.3 Å². The summed E-state index contributed by atoms with van der Waals surface area (Å²) in [6, 6.07) is 8.97. The number of fused-ring (bicyclic) bond motifs is 2. The van der Waals surface area contributed by atoms with Gasteiger partial charge in [0.05, 0.1) is 30.4 Å². The van der Waals surface area contributed by atoms with E-state index >= 15 is 0 Å². The molecule has 0 fully saturated rings. The third-order valence-electron chi connectivity index (χ3n) is 6.12. The Morgan fingerprint density at radius 1 is 1.10 bits per heavy atom. The molecule has 2 aromatic rings. The highest BCUT2D eigenvalue weighted by Gasteiger charge is 2.36. The predicted molar refractivity (Wildman–Crippen MR) is 141 cm³/mol. The topological polar surface area (TPSA) is 172 Å². The Kier molecular flexibility index (Phi) is 8.42. The van der Waals surface area contributed by atoms with Gasteiger partial charge >= 0.3 is 5.97 Å². The molecule has 13 heteroatoms. The molecule has 3 N–H and O–H groups in total. The smallest absolute Gasteiger partial charge is 0.305 e. The van der Waals surface area contributed by atoms with Crippen molar-refractivity contribution in [3.63, 3.8) is 0 Å². The summed E-state index contributed by atoms with van der Waals surface area (Å²) in [5, 5.41) is 13.8. The summed E-state index contributed by atoms with van der Waals surface area (Å²) in [5.41, 5.74) is 1.21. The van der Waals surface area contributed by atoms with Gasteiger partial charge in [-0.25, -0.2) is 0 Å². The van der Waals surface area contributed by atoms with Crippen LogP contribution in [0.3, 0.4) is 0 Å². The number of rotatable bonds is 9. The third kappa shape index (κ3) is 6.43. The van der Waals surface area contributed by atoms with Gasteiger partial charge in [0.15, 0.2) is 11.5 Å². The molecule has 0 spiro atoms. The summed E-state index contributed by atoms with van der Waals surface area (Å²) in [7, 11) is 0. The van der Waals surface area contributed by atoms with Crippen LogP contribution in [0, 0.1) is 0 Å². The average molecular weight is 551 g/mol. The van der Waals surface area contributed by atoms with Gasteiger partial charge in [0.1, 0.15) is 18.9 Å². The van der Waals surface area contributed by atoms with Crippen LogP contribution in [0.25, 0.3) is 6.08 Å². The molecule has 0 radical (unpaired) electrons. The number of hydrogen-bond donors (Lipinski definition) is 3. The molecule has 4 rings (SSSR count). The van der Waals surface area contributed by atoms with Crippen LogP contribution in [-0.2, 0) is 28.8 Å². The van der Waals surface area contributed by atoms with Gasteiger partial charge in [0.25, 0.3) is 5.91 Å². The Bertz CT molecular complexity index is 1390. The molecular weight excluding hydrogens is 524 g/mol. The average Bonchev–Trinajstić information content (AvgIpc) is 3.36. The van der Waals surface area contributed by atoms with Crippen LogP contribution >= 0.6 is 0 Å². The van der Waals surface area contributed by atoms with Crippen LogP contribution in [0.1, 0.15) is 18.9 Å². The van der Waals surface area contributed by atoms with Gasteiger partial charge in [0.2, 0.25) is 24.5 Å². The monoisotopic (exact) mass is 550 g/mol. The number of benzene rings is 2. The van der Waals surface area contributed by atoms with E-state index in [0.717, 1.165) is 4.90 Å². The largest absolute Gasteiger partial charge is 0.481 e. The van der Waals surface area contributed by atoms with E-state index in [2.05, 4.69) is 10.6 Å². The van der Waals surface area contributed by atoms with Gasteiger partial charge in [-0.05, 0) is 35.9 Å². The molecule has 4 amide bonds. The van der Waals surface area contributed by atoms with Crippen molar-refractivity contribution in [2.75, 3.05) is 29.7 Å². The van der Waals surface area contributed by atoms with Crippen LogP contribution in [0.4, 0.5) is 11.4 Å². The van der Waals surface area contributed by atoms with E-state index in [1.54, 1.807) is 36.4 Å². The Labute approximate surface area is 228 Å². The van der Waals surface area contributed by atoms with E-state index in [1.807, 2.05) is 0 Å². The van der Waals surface area contributed by atoms with Crippen molar-refractivity contribution in [3.05, 3.63) is 54.1 Å². The van der Waals surface area contributed by atoms with E-state index in [4.69, 9.17) is 14.6 Å². The summed E-state index contributed by atoms with van der Waals surface area (Å²) in [4.78, 5) is 76.4. The second-order valence-electron chi connectivity index (χ2n) is 8.96. The molecule has 2 aliphatic rings. The van der Waals surface area contributed by atoms with E-state index in [-0.39, 0.29) is 25.3 Å². The standard InChI is InChI=1S/C27H26N4O9/c1-16(33)30-12-19(29-24(34)9-7-17-6-8-22-23(10-17)40-15-39-22)27(38)31(21-5-3-2-4-20(21)30)13-25(35)28-18(14-32)11-26(36)37/h2-10,14,18-19H,11-13,15H2,1H3,(H,28,35)(H,29,34)(H,36,37)/t18-,19-/m0/s1. The van der Waals surface area contributed by atoms with Gasteiger partial charge in [-0.2, -0.15) is 0 Å². The van der Waals surface area contributed by atoms with Crippen molar-refractivity contribution in [1.29, 1.82) is 0 Å². The molecular formula is C27H26N4O9. The molecule has 2 atom stereocenters. The molecule has 0 unspecified atom stereocenters. The number of para-hydroxylation sites is 2. The van der Waals surface area contributed by atoms with Crippen molar-refractivity contribution in [1.82, 2.24) is 10.6 Å². The number of hydrogen-bond acceptors (Lipinski definition) is 8. The Hall–Kier alpha value is -5.20. The first-order chi connectivity index (χ1) is 19.2. The van der Waals surface area contributed by atoms with Crippen molar-refractivity contribution in [2.24, 2.45) is 0 Å². The summed E-state index contributed by atoms with van der Waals surface area (Å²) in [5.74, 6) is -2.68. The van der Waals surface area contributed by atoms with E-state index in [9.17, 15) is 28.8 Å². The number of nitrogens with zero attached hydrogens (tertiary/aromatic N) is 2. The maximum absolute atomic E-state index is 13.7. The minimum atomic E-state index is -1.30. The van der Waals surface area contributed by atoms with E-state index < -0.39 is 54.6 Å². The van der Waals surface area contributed by atoms with Crippen LogP contribution in [0.15, 0.2) is 48.5 Å². The number of anilines is 2. The van der Waals surface area contributed by atoms with Crippen molar-refractivity contribution >= 4 is 53.3 Å². The maximum Gasteiger partial charge on any atom is 0.305 e. The fourth-order valence-corrected chi connectivity index (χ4v) is 4.28. The van der Waals surface area contributed by atoms with Gasteiger partial charge in [-0.1, -0.05) is 18.2 Å². The zero-order valence-electron chi connectivity index (χ0n) is 21.4. The summed E-state index contributed by atoms with van der Waals surface area (Å²) < 4.78 is 10.6. The number of carbonyl (C=O) groups is 6. The second kappa shape index (κ2) is 12.1. The quantitative estimate of drug-likeness (QED) is 0.296. The molecule has 40 heavy (non-hydrogen) atoms. The van der Waals surface area contributed by atoms with Gasteiger partial charge < -0.3 is 34.9 Å². The first kappa shape index (κ1) is 27.8. The lowest BCUT2D eigenvalue weighted by Gasteiger charge is -2.25. The predicted octanol–water partition coefficient (Wildman–Crippen LogP) is 0.471. The minimum Gasteiger partial charge on any atom is -0.481 e. The van der Waals surface area contributed by atoms with Gasteiger partial charge in [-0.3, -0.25) is 28.9 Å². The highest BCUT2D eigenvalue weighted by atomic mass is 16.7. The fraction of sp³-hybridized carbons (Fsp3) is 0.259. The highest BCUT2D eigenvalue weighted by Crippen LogP contribution is 2.34. The molecule has 0 saturated heterocycles. The molecule has 2 aliphatic heterocycles. The number of nitrogens with one attached hydrogen (secondary N) is 2. The Balaban J connectivity index is 1.56. The van der Waals surface area contributed by atoms with E-state index in [0.29, 0.717) is 22.7 Å². The Morgan fingerprint density at radius 3 is 2.52 bits per heavy atom. The molecule has 0 saturated carbocycles. The zero-order valence-corrected chi connectivity index (χ0v) is 21.4. The van der Waals surface area contributed by atoms with Crippen molar-refractivity contribution in [3.8, 4) is 11.5 Å². The number of carboxylic acids is 1. The van der Waals surface area contributed by atoms with E-state index in [1.165, 1.54) is 30.0 Å².